The van der Waals surface area contributed by atoms with Crippen molar-refractivity contribution in [3.63, 3.8) is 0 Å². The zero-order valence-corrected chi connectivity index (χ0v) is 7.23. The lowest BCUT2D eigenvalue weighted by atomic mass is 10.4. The van der Waals surface area contributed by atoms with E-state index in [0.29, 0.717) is 0 Å². The summed E-state index contributed by atoms with van der Waals surface area (Å²) in [6, 6.07) is 0. The van der Waals surface area contributed by atoms with Crippen molar-refractivity contribution in [3.8, 4) is 0 Å². The van der Waals surface area contributed by atoms with Gasteiger partial charge in [-0.15, -0.1) is 0 Å². The van der Waals surface area contributed by atoms with Crippen LogP contribution < -0.4 is 0 Å². The summed E-state index contributed by atoms with van der Waals surface area (Å²) in [6.45, 7) is 0. The summed E-state index contributed by atoms with van der Waals surface area (Å²) >= 11 is 5.63. The molecule has 0 unspecified atom stereocenters. The number of hydrogen-bond acceptors (Lipinski definition) is 0. The van der Waals surface area contributed by atoms with Gasteiger partial charge in [0.2, 0.25) is 0 Å². The topological polar surface area (TPSA) is 0 Å². The Balaban J connectivity index is 2.33. The third-order valence-electron chi connectivity index (χ3n) is 0.713. The highest BCUT2D eigenvalue weighted by Gasteiger charge is 2.23. The summed E-state index contributed by atoms with van der Waals surface area (Å²) in [5.74, 6) is 0. The Kier molecular flexibility index (Phi) is 2.41. The van der Waals surface area contributed by atoms with Gasteiger partial charge in [-0.25, -0.2) is 0 Å². The van der Waals surface area contributed by atoms with Crippen LogP contribution in [0.5, 0.6) is 0 Å². The van der Waals surface area contributed by atoms with Gasteiger partial charge in [0.1, 0.15) is 0 Å². The summed E-state index contributed by atoms with van der Waals surface area (Å²) < 4.78 is 1.28. The van der Waals surface area contributed by atoms with Gasteiger partial charge in [0, 0.05) is 0 Å². The molecule has 2 heteroatoms. The lowest BCUT2D eigenvalue weighted by molar-refractivity contribution is 1.55. The van der Waals surface area contributed by atoms with E-state index < -0.39 is 0 Å². The molecule has 0 nitrogen and oxygen atoms in total. The number of halogens is 2. The van der Waals surface area contributed by atoms with Crippen LogP contribution in [0.25, 0.3) is 0 Å². The highest BCUT2D eigenvalue weighted by molar-refractivity contribution is 14.1. The van der Waals surface area contributed by atoms with E-state index in [0.717, 1.165) is 0 Å². The highest BCUT2D eigenvalue weighted by atomic mass is 127. The van der Waals surface area contributed by atoms with E-state index >= 15 is 0 Å². The van der Waals surface area contributed by atoms with Gasteiger partial charge < -0.3 is 0 Å². The van der Waals surface area contributed by atoms with Gasteiger partial charge in [-0.3, -0.25) is 0 Å². The van der Waals surface area contributed by atoms with Crippen LogP contribution in [0.2, 0.25) is 0 Å². The molecule has 7 heavy (non-hydrogen) atoms. The van der Waals surface area contributed by atoms with Crippen molar-refractivity contribution >= 4 is 38.5 Å². The predicted molar refractivity (Wildman–Crippen MR) is 42.3 cm³/mol. The normalized spacial score (nSPS) is 26.6. The Labute approximate surface area is 66.3 Å². The first-order chi connectivity index (χ1) is 3.30. The molecule has 1 saturated carbocycles. The van der Waals surface area contributed by atoms with Crippen LogP contribution in [0, 0.1) is 28.0 Å². The molecule has 0 aromatic heterocycles. The van der Waals surface area contributed by atoms with Crippen LogP contribution in [0.3, 0.4) is 0 Å². The number of hydrogen-bond donors (Lipinski definition) is 0. The molecule has 1 rings (SSSR count). The number of rotatable bonds is 0. The molecule has 0 aliphatic heterocycles. The fourth-order valence-electron chi connectivity index (χ4n) is 0.376. The lowest BCUT2D eigenvalue weighted by Gasteiger charge is -1.98. The van der Waals surface area contributed by atoms with Crippen molar-refractivity contribution in [2.45, 2.75) is 0 Å². The quantitative estimate of drug-likeness (QED) is 0.593. The molecule has 0 atom stereocenters. The minimum absolute atomic E-state index is 1.19. The van der Waals surface area contributed by atoms with Crippen molar-refractivity contribution in [3.05, 3.63) is 28.0 Å². The first kappa shape index (κ1) is 6.33. The highest BCUT2D eigenvalue weighted by Crippen LogP contribution is 2.41. The summed E-state index contributed by atoms with van der Waals surface area (Å²) in [4.78, 5) is 1.19. The van der Waals surface area contributed by atoms with Crippen molar-refractivity contribution in [1.29, 1.82) is 0 Å². The van der Waals surface area contributed by atoms with Gasteiger partial charge in [0.05, 0.1) is 8.75 Å². The molecule has 0 N–H and O–H groups in total. The molecule has 5 radical (unpaired) electrons. The Bertz CT molecular complexity index is 57.1. The average Bonchev–Trinajstić information content (AvgIpc) is 1.91. The Morgan fingerprint density at radius 2 is 2.14 bits per heavy atom. The second kappa shape index (κ2) is 2.67. The van der Waals surface area contributed by atoms with Gasteiger partial charge in [-0.2, -0.15) is 0 Å². The second-order valence-electron chi connectivity index (χ2n) is 1.22. The maximum atomic E-state index is 3.36. The van der Waals surface area contributed by atoms with Crippen molar-refractivity contribution in [2.24, 2.45) is 0 Å². The average molecular weight is 270 g/mol. The monoisotopic (exact) mass is 269 g/mol. The third-order valence-corrected chi connectivity index (χ3v) is 3.09. The molecule has 0 spiro atoms. The van der Waals surface area contributed by atoms with Gasteiger partial charge in [0.25, 0.3) is 0 Å². The van der Waals surface area contributed by atoms with Crippen LogP contribution in [-0.4, -0.2) is 0 Å². The Hall–Kier alpha value is 1.21. The van der Waals surface area contributed by atoms with Gasteiger partial charge in [-0.1, -0.05) is 38.5 Å². The fourth-order valence-corrected chi connectivity index (χ4v) is 1.05. The van der Waals surface area contributed by atoms with Crippen LogP contribution in [0.4, 0.5) is 0 Å². The largest absolute Gasteiger partial charge is 0.0819 e. The summed E-state index contributed by atoms with van der Waals surface area (Å²) in [6.07, 6.45) is 6.11. The fraction of sp³-hybridized carbons (Fsp3) is 0. The van der Waals surface area contributed by atoms with Gasteiger partial charge >= 0.3 is 0 Å². The smallest absolute Gasteiger partial charge is 0.0623 e. The molecule has 1 aliphatic rings. The maximum Gasteiger partial charge on any atom is 0.0623 e. The Morgan fingerprint density at radius 3 is 2.29 bits per heavy atom. The van der Waals surface area contributed by atoms with Crippen molar-refractivity contribution in [2.75, 3.05) is 0 Å². The minimum atomic E-state index is 1.19. The van der Waals surface area contributed by atoms with E-state index in [1.807, 2.05) is 12.8 Å². The van der Waals surface area contributed by atoms with E-state index in [2.05, 4.69) is 44.9 Å². The van der Waals surface area contributed by atoms with E-state index in [9.17, 15) is 0 Å². The first-order valence-electron chi connectivity index (χ1n) is 1.87. The maximum absolute atomic E-state index is 3.36. The molecule has 37 valence electrons. The van der Waals surface area contributed by atoms with Crippen LogP contribution in [0.1, 0.15) is 0 Å². The first-order valence-corrected chi connectivity index (χ1v) is 3.74. The molecule has 0 aromatic carbocycles. The van der Waals surface area contributed by atoms with Gasteiger partial charge in [0.15, 0.2) is 0 Å². The van der Waals surface area contributed by atoms with Crippen molar-refractivity contribution in [1.82, 2.24) is 0 Å². The van der Waals surface area contributed by atoms with E-state index in [-0.39, 0.29) is 0 Å². The molecule has 0 heterocycles. The molecule has 0 amide bonds. The second-order valence-corrected chi connectivity index (χ2v) is 3.24. The third kappa shape index (κ3) is 1.56. The zero-order chi connectivity index (χ0) is 5.28. The molecule has 0 aromatic rings. The standard InChI is InChI=1S/C5H3BrI/c6-4-2-1-3-5(4)7/h1-3H. The molecular weight excluding hydrogens is 267 g/mol. The molecule has 1 aliphatic carbocycles. The summed E-state index contributed by atoms with van der Waals surface area (Å²) in [5.41, 5.74) is 0. The van der Waals surface area contributed by atoms with Gasteiger partial charge in [-0.05, 0) is 19.3 Å². The van der Waals surface area contributed by atoms with E-state index in [1.54, 1.807) is 0 Å². The van der Waals surface area contributed by atoms with E-state index in [4.69, 9.17) is 0 Å². The molecular formula is C5H3BrI. The van der Waals surface area contributed by atoms with Crippen molar-refractivity contribution < 1.29 is 0 Å². The van der Waals surface area contributed by atoms with E-state index in [1.165, 1.54) is 8.75 Å². The van der Waals surface area contributed by atoms with Crippen LogP contribution >= 0.6 is 38.5 Å². The van der Waals surface area contributed by atoms with Crippen LogP contribution in [-0.2, 0) is 0 Å². The molecule has 0 bridgehead atoms. The minimum Gasteiger partial charge on any atom is -0.0819 e. The zero-order valence-electron chi connectivity index (χ0n) is 3.49. The summed E-state index contributed by atoms with van der Waals surface area (Å²) in [5, 5.41) is 0. The SMILES string of the molecule is Br[C]1[CH][CH][CH][C]1I. The molecule has 0 saturated heterocycles. The van der Waals surface area contributed by atoms with Crippen LogP contribution in [0.15, 0.2) is 0 Å². The predicted octanol–water partition coefficient (Wildman–Crippen LogP) is 2.51. The lowest BCUT2D eigenvalue weighted by Crippen LogP contribution is -1.82. The molecule has 1 fully saturated rings. The summed E-state index contributed by atoms with van der Waals surface area (Å²) in [7, 11) is 0. The Morgan fingerprint density at radius 1 is 1.43 bits per heavy atom.